The number of carbonyl (C=O) groups excluding carboxylic acids is 1. The molecular weight excluding hydrogens is 310 g/mol. The maximum atomic E-state index is 12.1. The Labute approximate surface area is 141 Å². The van der Waals surface area contributed by atoms with Gasteiger partial charge in [0.15, 0.2) is 0 Å². The van der Waals surface area contributed by atoms with Crippen molar-refractivity contribution in [1.82, 2.24) is 0 Å². The molecule has 4 nitrogen and oxygen atoms in total. The third-order valence-corrected chi connectivity index (χ3v) is 3.97. The van der Waals surface area contributed by atoms with Crippen LogP contribution in [-0.4, -0.2) is 24.9 Å². The van der Waals surface area contributed by atoms with Crippen LogP contribution < -0.4 is 14.8 Å². The lowest BCUT2D eigenvalue weighted by Crippen LogP contribution is -2.16. The Hall–Kier alpha value is -2.14. The molecule has 2 aromatic carbocycles. The number of nitrogens with one attached hydrogen (secondary N) is 1. The van der Waals surface area contributed by atoms with Crippen LogP contribution in [0.25, 0.3) is 0 Å². The Bertz CT molecular complexity index is 641. The van der Waals surface area contributed by atoms with Crippen LogP contribution in [0.5, 0.6) is 11.5 Å². The number of hydrogen-bond donors (Lipinski definition) is 1. The van der Waals surface area contributed by atoms with Gasteiger partial charge in [0.2, 0.25) is 5.91 Å². The van der Waals surface area contributed by atoms with E-state index in [2.05, 4.69) is 5.32 Å². The van der Waals surface area contributed by atoms with Crippen LogP contribution in [0.4, 0.5) is 5.69 Å². The van der Waals surface area contributed by atoms with Gasteiger partial charge in [-0.1, -0.05) is 12.1 Å². The first-order valence-electron chi connectivity index (χ1n) is 7.41. The number of carbonyl (C=O) groups is 1. The van der Waals surface area contributed by atoms with Gasteiger partial charge in [0.1, 0.15) is 11.5 Å². The Balaban J connectivity index is 1.91. The van der Waals surface area contributed by atoms with Crippen LogP contribution in [0.1, 0.15) is 13.8 Å². The van der Waals surface area contributed by atoms with Gasteiger partial charge in [-0.05, 0) is 50.2 Å². The second-order valence-electron chi connectivity index (χ2n) is 5.18. The summed E-state index contributed by atoms with van der Waals surface area (Å²) in [6.45, 7) is 3.91. The number of amides is 1. The standard InChI is InChI=1S/C18H21NO3S/c1-13(2)22-17-7-5-4-6-16(17)19-18(20)12-23-15-10-8-14(21-3)9-11-15/h4-11,13H,12H2,1-3H3,(H,19,20). The quantitative estimate of drug-likeness (QED) is 0.772. The van der Waals surface area contributed by atoms with Crippen molar-refractivity contribution in [3.8, 4) is 11.5 Å². The van der Waals surface area contributed by atoms with E-state index < -0.39 is 0 Å². The molecule has 23 heavy (non-hydrogen) atoms. The summed E-state index contributed by atoms with van der Waals surface area (Å²) in [5.41, 5.74) is 0.696. The highest BCUT2D eigenvalue weighted by Gasteiger charge is 2.09. The van der Waals surface area contributed by atoms with Crippen LogP contribution >= 0.6 is 11.8 Å². The first kappa shape index (κ1) is 17.2. The minimum atomic E-state index is -0.0642. The summed E-state index contributed by atoms with van der Waals surface area (Å²) < 4.78 is 10.8. The number of para-hydroxylation sites is 2. The van der Waals surface area contributed by atoms with E-state index in [1.165, 1.54) is 11.8 Å². The molecule has 0 aliphatic rings. The number of ether oxygens (including phenoxy) is 2. The molecule has 5 heteroatoms. The van der Waals surface area contributed by atoms with Crippen LogP contribution in [-0.2, 0) is 4.79 Å². The lowest BCUT2D eigenvalue weighted by atomic mass is 10.3. The Morgan fingerprint density at radius 1 is 1.13 bits per heavy atom. The summed E-state index contributed by atoms with van der Waals surface area (Å²) in [6.07, 6.45) is 0.0572. The molecular formula is C18H21NO3S. The van der Waals surface area contributed by atoms with Gasteiger partial charge in [-0.15, -0.1) is 11.8 Å². The SMILES string of the molecule is COc1ccc(SCC(=O)Nc2ccccc2OC(C)C)cc1. The number of hydrogen-bond acceptors (Lipinski definition) is 4. The summed E-state index contributed by atoms with van der Waals surface area (Å²) in [4.78, 5) is 13.2. The maximum Gasteiger partial charge on any atom is 0.234 e. The zero-order valence-corrected chi connectivity index (χ0v) is 14.4. The number of anilines is 1. The molecule has 0 unspecified atom stereocenters. The van der Waals surface area contributed by atoms with Gasteiger partial charge < -0.3 is 14.8 Å². The first-order valence-corrected chi connectivity index (χ1v) is 8.39. The Kier molecular flexibility index (Phi) is 6.35. The molecule has 0 aliphatic heterocycles. The molecule has 1 N–H and O–H groups in total. The van der Waals surface area contributed by atoms with E-state index in [1.54, 1.807) is 7.11 Å². The summed E-state index contributed by atoms with van der Waals surface area (Å²) in [5, 5.41) is 2.90. The van der Waals surface area contributed by atoms with Crippen molar-refractivity contribution < 1.29 is 14.3 Å². The Morgan fingerprint density at radius 2 is 1.83 bits per heavy atom. The number of benzene rings is 2. The molecule has 2 rings (SSSR count). The lowest BCUT2D eigenvalue weighted by molar-refractivity contribution is -0.113. The van der Waals surface area contributed by atoms with Crippen molar-refractivity contribution in [2.24, 2.45) is 0 Å². The Morgan fingerprint density at radius 3 is 2.48 bits per heavy atom. The zero-order valence-electron chi connectivity index (χ0n) is 13.5. The molecule has 0 bridgehead atoms. The van der Waals surface area contributed by atoms with E-state index in [0.717, 1.165) is 10.6 Å². The monoisotopic (exact) mass is 331 g/mol. The topological polar surface area (TPSA) is 47.6 Å². The van der Waals surface area contributed by atoms with Crippen molar-refractivity contribution in [2.75, 3.05) is 18.2 Å². The minimum absolute atomic E-state index is 0.0572. The fourth-order valence-electron chi connectivity index (χ4n) is 1.93. The fraction of sp³-hybridized carbons (Fsp3) is 0.278. The average Bonchev–Trinajstić information content (AvgIpc) is 2.55. The number of thioether (sulfide) groups is 1. The van der Waals surface area contributed by atoms with E-state index in [9.17, 15) is 4.79 Å². The maximum absolute atomic E-state index is 12.1. The highest BCUT2D eigenvalue weighted by molar-refractivity contribution is 8.00. The van der Waals surface area contributed by atoms with Crippen molar-refractivity contribution in [2.45, 2.75) is 24.8 Å². The van der Waals surface area contributed by atoms with Gasteiger partial charge in [-0.25, -0.2) is 0 Å². The zero-order chi connectivity index (χ0) is 16.7. The second kappa shape index (κ2) is 8.48. The highest BCUT2D eigenvalue weighted by atomic mass is 32.2. The summed E-state index contributed by atoms with van der Waals surface area (Å²) in [7, 11) is 1.63. The third kappa shape index (κ3) is 5.53. The molecule has 0 fully saturated rings. The summed E-state index contributed by atoms with van der Waals surface area (Å²) >= 11 is 1.48. The lowest BCUT2D eigenvalue weighted by Gasteiger charge is -2.14. The number of rotatable bonds is 7. The molecule has 0 atom stereocenters. The summed E-state index contributed by atoms with van der Waals surface area (Å²) in [5.74, 6) is 1.76. The van der Waals surface area contributed by atoms with E-state index >= 15 is 0 Å². The molecule has 0 spiro atoms. The van der Waals surface area contributed by atoms with Gasteiger partial charge in [-0.2, -0.15) is 0 Å². The van der Waals surface area contributed by atoms with Crippen LogP contribution in [0.2, 0.25) is 0 Å². The normalized spacial score (nSPS) is 10.4. The molecule has 2 aromatic rings. The first-order chi connectivity index (χ1) is 11.1. The molecule has 0 heterocycles. The van der Waals surface area contributed by atoms with Crippen molar-refractivity contribution in [1.29, 1.82) is 0 Å². The van der Waals surface area contributed by atoms with Crippen LogP contribution in [0.3, 0.4) is 0 Å². The smallest absolute Gasteiger partial charge is 0.234 e. The van der Waals surface area contributed by atoms with Gasteiger partial charge in [0.05, 0.1) is 24.7 Å². The molecule has 0 aliphatic carbocycles. The van der Waals surface area contributed by atoms with Crippen molar-refractivity contribution >= 4 is 23.4 Å². The minimum Gasteiger partial charge on any atom is -0.497 e. The van der Waals surface area contributed by atoms with E-state index in [0.29, 0.717) is 17.2 Å². The summed E-state index contributed by atoms with van der Waals surface area (Å²) in [6, 6.07) is 15.1. The highest BCUT2D eigenvalue weighted by Crippen LogP contribution is 2.26. The average molecular weight is 331 g/mol. The molecule has 1 amide bonds. The predicted molar refractivity (Wildman–Crippen MR) is 94.6 cm³/mol. The van der Waals surface area contributed by atoms with Gasteiger partial charge >= 0.3 is 0 Å². The predicted octanol–water partition coefficient (Wildman–Crippen LogP) is 4.21. The van der Waals surface area contributed by atoms with Crippen molar-refractivity contribution in [3.05, 3.63) is 48.5 Å². The molecule has 0 radical (unpaired) electrons. The van der Waals surface area contributed by atoms with E-state index in [4.69, 9.17) is 9.47 Å². The van der Waals surface area contributed by atoms with E-state index in [1.807, 2.05) is 62.4 Å². The van der Waals surface area contributed by atoms with Crippen molar-refractivity contribution in [3.63, 3.8) is 0 Å². The second-order valence-corrected chi connectivity index (χ2v) is 6.22. The van der Waals surface area contributed by atoms with Gasteiger partial charge in [-0.3, -0.25) is 4.79 Å². The van der Waals surface area contributed by atoms with Gasteiger partial charge in [0, 0.05) is 4.90 Å². The largest absolute Gasteiger partial charge is 0.497 e. The molecule has 0 saturated carbocycles. The molecule has 0 aromatic heterocycles. The molecule has 0 saturated heterocycles. The fourth-order valence-corrected chi connectivity index (χ4v) is 2.63. The number of methoxy groups -OCH3 is 1. The van der Waals surface area contributed by atoms with E-state index in [-0.39, 0.29) is 12.0 Å². The van der Waals surface area contributed by atoms with Gasteiger partial charge in [0.25, 0.3) is 0 Å². The third-order valence-electron chi connectivity index (χ3n) is 2.95. The molecule has 122 valence electrons. The van der Waals surface area contributed by atoms with Crippen LogP contribution in [0, 0.1) is 0 Å². The van der Waals surface area contributed by atoms with Crippen LogP contribution in [0.15, 0.2) is 53.4 Å².